The lowest BCUT2D eigenvalue weighted by atomic mass is 9.84. The minimum atomic E-state index is -0.457. The summed E-state index contributed by atoms with van der Waals surface area (Å²) >= 11 is 0. The number of ether oxygens (including phenoxy) is 2. The van der Waals surface area contributed by atoms with E-state index < -0.39 is 6.10 Å². The molecule has 0 aliphatic carbocycles. The summed E-state index contributed by atoms with van der Waals surface area (Å²) < 4.78 is 10.7. The van der Waals surface area contributed by atoms with Crippen molar-refractivity contribution in [2.24, 2.45) is 0 Å². The van der Waals surface area contributed by atoms with Gasteiger partial charge in [-0.1, -0.05) is 0 Å². The molecular weight excluding hydrogens is 258 g/mol. The first-order valence-corrected chi connectivity index (χ1v) is 6.83. The molecule has 1 aliphatic rings. The van der Waals surface area contributed by atoms with E-state index in [0.717, 1.165) is 24.1 Å². The van der Waals surface area contributed by atoms with Crippen LogP contribution in [0.3, 0.4) is 0 Å². The summed E-state index contributed by atoms with van der Waals surface area (Å²) in [5.74, 6) is 1.30. The molecule has 5 nitrogen and oxygen atoms in total. The second-order valence-electron chi connectivity index (χ2n) is 5.29. The number of β-amino-alcohol motifs (C(OH)–C–C–N with tert-alkyl or cyclic N) is 1. The first-order valence-electron chi connectivity index (χ1n) is 6.83. The number of hydrogen-bond acceptors (Lipinski definition) is 5. The third kappa shape index (κ3) is 2.90. The number of aliphatic hydroxyl groups is 2. The summed E-state index contributed by atoms with van der Waals surface area (Å²) in [6.45, 7) is 1.45. The molecule has 0 unspecified atom stereocenters. The molecule has 1 aromatic rings. The Kier molecular flexibility index (Phi) is 4.86. The fourth-order valence-electron chi connectivity index (χ4n) is 2.92. The quantitative estimate of drug-likeness (QED) is 0.861. The molecule has 1 fully saturated rings. The molecule has 2 atom stereocenters. The van der Waals surface area contributed by atoms with Gasteiger partial charge in [0.2, 0.25) is 0 Å². The van der Waals surface area contributed by atoms with Crippen molar-refractivity contribution in [2.45, 2.75) is 25.0 Å². The molecule has 0 amide bonds. The van der Waals surface area contributed by atoms with Crippen LogP contribution in [0.25, 0.3) is 0 Å². The molecule has 0 spiro atoms. The van der Waals surface area contributed by atoms with Crippen LogP contribution in [0.1, 0.15) is 23.5 Å². The summed E-state index contributed by atoms with van der Waals surface area (Å²) in [6, 6.07) is 3.61. The third-order valence-electron chi connectivity index (χ3n) is 3.98. The lowest BCUT2D eigenvalue weighted by Gasteiger charge is -2.35. The average molecular weight is 281 g/mol. The zero-order valence-electron chi connectivity index (χ0n) is 12.3. The van der Waals surface area contributed by atoms with Crippen LogP contribution in [-0.4, -0.2) is 55.6 Å². The summed E-state index contributed by atoms with van der Waals surface area (Å²) in [6.07, 6.45) is 0.384. The first kappa shape index (κ1) is 15.1. The molecule has 5 heteroatoms. The fraction of sp³-hybridized carbons (Fsp3) is 0.600. The number of piperidine rings is 1. The molecule has 112 valence electrons. The van der Waals surface area contributed by atoms with E-state index in [0.29, 0.717) is 18.0 Å². The molecular formula is C15H23NO4. The maximum atomic E-state index is 10.3. The number of likely N-dealkylation sites (N-methyl/N-ethyl adjacent to an activating group) is 1. The van der Waals surface area contributed by atoms with E-state index in [1.165, 1.54) is 0 Å². The van der Waals surface area contributed by atoms with Crippen molar-refractivity contribution in [2.75, 3.05) is 34.4 Å². The van der Waals surface area contributed by atoms with E-state index >= 15 is 0 Å². The van der Waals surface area contributed by atoms with Crippen LogP contribution in [0.2, 0.25) is 0 Å². The van der Waals surface area contributed by atoms with Crippen LogP contribution in [-0.2, 0) is 6.61 Å². The Bertz CT molecular complexity index is 438. The van der Waals surface area contributed by atoms with Crippen molar-refractivity contribution in [1.82, 2.24) is 4.90 Å². The van der Waals surface area contributed by atoms with Crippen LogP contribution < -0.4 is 9.47 Å². The smallest absolute Gasteiger partial charge is 0.126 e. The molecule has 1 aromatic carbocycles. The maximum Gasteiger partial charge on any atom is 0.126 e. The molecule has 2 N–H and O–H groups in total. The number of rotatable bonds is 4. The van der Waals surface area contributed by atoms with E-state index in [9.17, 15) is 10.2 Å². The van der Waals surface area contributed by atoms with Crippen LogP contribution in [0.15, 0.2) is 12.1 Å². The molecule has 20 heavy (non-hydrogen) atoms. The molecule has 0 aromatic heterocycles. The number of likely N-dealkylation sites (tertiary alicyclic amines) is 1. The third-order valence-corrected chi connectivity index (χ3v) is 3.98. The van der Waals surface area contributed by atoms with Crippen molar-refractivity contribution >= 4 is 0 Å². The molecule has 1 heterocycles. The summed E-state index contributed by atoms with van der Waals surface area (Å²) in [4.78, 5) is 2.11. The Balaban J connectivity index is 2.43. The van der Waals surface area contributed by atoms with Gasteiger partial charge in [0.05, 0.1) is 26.9 Å². The van der Waals surface area contributed by atoms with E-state index in [1.54, 1.807) is 20.3 Å². The Morgan fingerprint density at radius 3 is 2.60 bits per heavy atom. The standard InChI is InChI=1S/C15H23NO4/c1-16-5-4-12(13(18)8-16)15-10(9-17)6-11(19-2)7-14(15)20-3/h6-7,12-13,17-18H,4-5,8-9H2,1-3H3/t12-,13-/m1/s1. The van der Waals surface area contributed by atoms with Crippen LogP contribution >= 0.6 is 0 Å². The lowest BCUT2D eigenvalue weighted by molar-refractivity contribution is 0.0621. The van der Waals surface area contributed by atoms with Gasteiger partial charge in [-0.2, -0.15) is 0 Å². The van der Waals surface area contributed by atoms with Gasteiger partial charge in [-0.15, -0.1) is 0 Å². The second-order valence-corrected chi connectivity index (χ2v) is 5.29. The zero-order chi connectivity index (χ0) is 14.7. The van der Waals surface area contributed by atoms with Gasteiger partial charge in [0.25, 0.3) is 0 Å². The van der Waals surface area contributed by atoms with Gasteiger partial charge < -0.3 is 24.6 Å². The van der Waals surface area contributed by atoms with Crippen molar-refractivity contribution in [3.63, 3.8) is 0 Å². The van der Waals surface area contributed by atoms with Gasteiger partial charge in [0.1, 0.15) is 11.5 Å². The number of benzene rings is 1. The summed E-state index contributed by atoms with van der Waals surface area (Å²) in [7, 11) is 5.18. The fourth-order valence-corrected chi connectivity index (χ4v) is 2.92. The zero-order valence-corrected chi connectivity index (χ0v) is 12.3. The van der Waals surface area contributed by atoms with Crippen LogP contribution in [0.4, 0.5) is 0 Å². The van der Waals surface area contributed by atoms with E-state index in [4.69, 9.17) is 9.47 Å². The highest BCUT2D eigenvalue weighted by Gasteiger charge is 2.31. The summed E-state index contributed by atoms with van der Waals surface area (Å²) in [5, 5.41) is 20.0. The van der Waals surface area contributed by atoms with Gasteiger partial charge in [0.15, 0.2) is 0 Å². The molecule has 1 aliphatic heterocycles. The van der Waals surface area contributed by atoms with Gasteiger partial charge in [-0.3, -0.25) is 0 Å². The second kappa shape index (κ2) is 6.43. The Morgan fingerprint density at radius 2 is 2.05 bits per heavy atom. The Hall–Kier alpha value is -1.30. The van der Waals surface area contributed by atoms with Gasteiger partial charge in [-0.05, 0) is 31.6 Å². The van der Waals surface area contributed by atoms with Crippen LogP contribution in [0.5, 0.6) is 11.5 Å². The topological polar surface area (TPSA) is 62.2 Å². The van der Waals surface area contributed by atoms with Crippen molar-refractivity contribution in [3.05, 3.63) is 23.3 Å². The SMILES string of the molecule is COc1cc(CO)c([C@@H]2CCN(C)C[C@H]2O)c(OC)c1. The van der Waals surface area contributed by atoms with Gasteiger partial charge >= 0.3 is 0 Å². The highest BCUT2D eigenvalue weighted by Crippen LogP contribution is 2.39. The minimum Gasteiger partial charge on any atom is -0.497 e. The van der Waals surface area contributed by atoms with Gasteiger partial charge in [-0.25, -0.2) is 0 Å². The van der Waals surface area contributed by atoms with E-state index in [-0.39, 0.29) is 12.5 Å². The lowest BCUT2D eigenvalue weighted by Crippen LogP contribution is -2.40. The number of nitrogens with zero attached hydrogens (tertiary/aromatic N) is 1. The largest absolute Gasteiger partial charge is 0.497 e. The minimum absolute atomic E-state index is 0.0193. The summed E-state index contributed by atoms with van der Waals surface area (Å²) in [5.41, 5.74) is 1.66. The molecule has 0 bridgehead atoms. The molecule has 1 saturated heterocycles. The monoisotopic (exact) mass is 281 g/mol. The van der Waals surface area contributed by atoms with E-state index in [1.807, 2.05) is 13.1 Å². The van der Waals surface area contributed by atoms with Crippen molar-refractivity contribution in [1.29, 1.82) is 0 Å². The number of hydrogen-bond donors (Lipinski definition) is 2. The number of aliphatic hydroxyl groups excluding tert-OH is 2. The number of methoxy groups -OCH3 is 2. The maximum absolute atomic E-state index is 10.3. The molecule has 0 radical (unpaired) electrons. The predicted octanol–water partition coefficient (Wildman–Crippen LogP) is 0.976. The highest BCUT2D eigenvalue weighted by molar-refractivity contribution is 5.49. The van der Waals surface area contributed by atoms with E-state index in [2.05, 4.69) is 4.90 Å². The normalized spacial score (nSPS) is 23.6. The predicted molar refractivity (Wildman–Crippen MR) is 76.3 cm³/mol. The molecule has 2 rings (SSSR count). The Morgan fingerprint density at radius 1 is 1.30 bits per heavy atom. The van der Waals surface area contributed by atoms with Crippen molar-refractivity contribution < 1.29 is 19.7 Å². The van der Waals surface area contributed by atoms with Crippen molar-refractivity contribution in [3.8, 4) is 11.5 Å². The highest BCUT2D eigenvalue weighted by atomic mass is 16.5. The first-order chi connectivity index (χ1) is 9.60. The van der Waals surface area contributed by atoms with Crippen LogP contribution in [0, 0.1) is 0 Å². The van der Waals surface area contributed by atoms with Gasteiger partial charge in [0, 0.05) is 24.1 Å². The Labute approximate surface area is 119 Å². The average Bonchev–Trinajstić information content (AvgIpc) is 2.46. The molecule has 0 saturated carbocycles.